The predicted octanol–water partition coefficient (Wildman–Crippen LogP) is 2.69. The molecule has 0 radical (unpaired) electrons. The van der Waals surface area contributed by atoms with Crippen LogP contribution in [0.1, 0.15) is 11.1 Å². The van der Waals surface area contributed by atoms with Crippen LogP contribution in [0.2, 0.25) is 0 Å². The van der Waals surface area contributed by atoms with E-state index in [2.05, 4.69) is 11.8 Å². The first-order valence-corrected chi connectivity index (χ1v) is 9.23. The Kier molecular flexibility index (Phi) is 5.80. The number of nitrogens with zero attached hydrogens (tertiary/aromatic N) is 2. The molecule has 0 saturated carbocycles. The van der Waals surface area contributed by atoms with Gasteiger partial charge in [0, 0.05) is 23.9 Å². The summed E-state index contributed by atoms with van der Waals surface area (Å²) in [6.45, 7) is 0.180. The molecule has 2 aromatic rings. The second-order valence-corrected chi connectivity index (χ2v) is 6.85. The summed E-state index contributed by atoms with van der Waals surface area (Å²) >= 11 is 0.879. The molecule has 1 aliphatic rings. The molecule has 0 aliphatic carbocycles. The van der Waals surface area contributed by atoms with Crippen molar-refractivity contribution in [3.05, 3.63) is 63.7 Å². The first kappa shape index (κ1) is 19.9. The number of carbonyl (C=O) groups is 3. The number of carboxylic acid groups (broad SMARTS) is 1. The summed E-state index contributed by atoms with van der Waals surface area (Å²) in [7, 11) is 0. The number of benzene rings is 2. The van der Waals surface area contributed by atoms with Gasteiger partial charge in [-0.25, -0.2) is 4.79 Å². The van der Waals surface area contributed by atoms with Crippen LogP contribution in [-0.4, -0.2) is 39.4 Å². The van der Waals surface area contributed by atoms with Crippen molar-refractivity contribution in [2.75, 3.05) is 22.5 Å². The van der Waals surface area contributed by atoms with E-state index in [-0.39, 0.29) is 23.5 Å². The lowest BCUT2D eigenvalue weighted by molar-refractivity contribution is -0.383. The van der Waals surface area contributed by atoms with E-state index in [0.717, 1.165) is 28.8 Å². The standard InChI is InChI=1S/C19H13N3O6S/c23-17-18(24)29-9-8-21(17)15-11-14(20-19(25)26)16(22(27)28)10-13(15)7-6-12-4-2-1-3-5-12/h1-5,10-11,20H,8-9H2,(H,25,26). The maximum absolute atomic E-state index is 12.3. The van der Waals surface area contributed by atoms with E-state index in [1.54, 1.807) is 24.3 Å². The zero-order chi connectivity index (χ0) is 21.0. The van der Waals surface area contributed by atoms with Crippen LogP contribution in [0.5, 0.6) is 0 Å². The average molecular weight is 411 g/mol. The van der Waals surface area contributed by atoms with Gasteiger partial charge in [-0.15, -0.1) is 0 Å². The Bertz CT molecular complexity index is 1070. The number of thioether (sulfide) groups is 1. The minimum absolute atomic E-state index is 0.126. The van der Waals surface area contributed by atoms with Crippen LogP contribution in [0.25, 0.3) is 0 Å². The lowest BCUT2D eigenvalue weighted by Crippen LogP contribution is -2.41. The second-order valence-electron chi connectivity index (χ2n) is 5.78. The fraction of sp³-hybridized carbons (Fsp3) is 0.105. The molecule has 10 heteroatoms. The van der Waals surface area contributed by atoms with Crippen molar-refractivity contribution in [3.63, 3.8) is 0 Å². The topological polar surface area (TPSA) is 130 Å². The molecule has 0 unspecified atom stereocenters. The van der Waals surface area contributed by atoms with Crippen molar-refractivity contribution >= 4 is 45.9 Å². The summed E-state index contributed by atoms with van der Waals surface area (Å²) in [6.07, 6.45) is -1.50. The van der Waals surface area contributed by atoms with Gasteiger partial charge >= 0.3 is 12.0 Å². The lowest BCUT2D eigenvalue weighted by atomic mass is 10.1. The Hall–Kier alpha value is -3.84. The largest absolute Gasteiger partial charge is 0.465 e. The average Bonchev–Trinajstić information content (AvgIpc) is 2.69. The highest BCUT2D eigenvalue weighted by Gasteiger charge is 2.31. The monoisotopic (exact) mass is 411 g/mol. The molecule has 9 nitrogen and oxygen atoms in total. The van der Waals surface area contributed by atoms with E-state index in [0.29, 0.717) is 11.3 Å². The van der Waals surface area contributed by atoms with Gasteiger partial charge in [0.25, 0.3) is 10.8 Å². The zero-order valence-electron chi connectivity index (χ0n) is 14.7. The van der Waals surface area contributed by atoms with Crippen LogP contribution < -0.4 is 10.2 Å². The van der Waals surface area contributed by atoms with Crippen molar-refractivity contribution < 1.29 is 24.4 Å². The molecule has 1 heterocycles. The highest BCUT2D eigenvalue weighted by atomic mass is 32.2. The van der Waals surface area contributed by atoms with Crippen molar-refractivity contribution in [2.45, 2.75) is 0 Å². The highest BCUT2D eigenvalue weighted by Crippen LogP contribution is 2.34. The number of nitro groups is 1. The smallest absolute Gasteiger partial charge is 0.409 e. The molecule has 0 aromatic heterocycles. The molecule has 1 aliphatic heterocycles. The number of carbonyl (C=O) groups excluding carboxylic acids is 2. The molecular weight excluding hydrogens is 398 g/mol. The SMILES string of the molecule is O=C(O)Nc1cc(N2CCSC(=O)C2=O)c(C#Cc2ccccc2)cc1[N+](=O)[O-]. The minimum Gasteiger partial charge on any atom is -0.465 e. The highest BCUT2D eigenvalue weighted by molar-refractivity contribution is 8.15. The summed E-state index contributed by atoms with van der Waals surface area (Å²) in [5.41, 5.74) is 0.0660. The second kappa shape index (κ2) is 8.45. The predicted molar refractivity (Wildman–Crippen MR) is 107 cm³/mol. The Morgan fingerprint density at radius 2 is 1.93 bits per heavy atom. The molecule has 3 rings (SSSR count). The van der Waals surface area contributed by atoms with Crippen LogP contribution in [0.15, 0.2) is 42.5 Å². The normalized spacial score (nSPS) is 13.4. The molecule has 2 amide bonds. The number of nitro benzene ring substituents is 1. The first-order chi connectivity index (χ1) is 13.9. The number of amides is 2. The van der Waals surface area contributed by atoms with Gasteiger partial charge in [-0.2, -0.15) is 0 Å². The number of nitrogens with one attached hydrogen (secondary N) is 1. The first-order valence-electron chi connectivity index (χ1n) is 8.25. The summed E-state index contributed by atoms with van der Waals surface area (Å²) in [5.74, 6) is 5.20. The Morgan fingerprint density at radius 3 is 2.59 bits per heavy atom. The van der Waals surface area contributed by atoms with Crippen molar-refractivity contribution in [1.29, 1.82) is 0 Å². The Morgan fingerprint density at radius 1 is 1.21 bits per heavy atom. The number of hydrogen-bond acceptors (Lipinski definition) is 6. The molecule has 1 fully saturated rings. The van der Waals surface area contributed by atoms with Gasteiger partial charge in [0.15, 0.2) is 0 Å². The Balaban J connectivity index is 2.18. The van der Waals surface area contributed by atoms with Gasteiger partial charge in [0.05, 0.1) is 16.2 Å². The van der Waals surface area contributed by atoms with E-state index in [4.69, 9.17) is 5.11 Å². The fourth-order valence-corrected chi connectivity index (χ4v) is 3.35. The van der Waals surface area contributed by atoms with Gasteiger partial charge in [-0.1, -0.05) is 41.8 Å². The number of anilines is 2. The van der Waals surface area contributed by atoms with Crippen LogP contribution in [0.4, 0.5) is 21.9 Å². The third-order valence-electron chi connectivity index (χ3n) is 3.93. The molecule has 0 spiro atoms. The lowest BCUT2D eigenvalue weighted by Gasteiger charge is -2.26. The van der Waals surface area contributed by atoms with Crippen molar-refractivity contribution in [1.82, 2.24) is 0 Å². The van der Waals surface area contributed by atoms with E-state index >= 15 is 0 Å². The molecule has 0 atom stereocenters. The van der Waals surface area contributed by atoms with E-state index in [1.807, 2.05) is 11.4 Å². The van der Waals surface area contributed by atoms with E-state index < -0.39 is 27.7 Å². The minimum atomic E-state index is -1.50. The van der Waals surface area contributed by atoms with Crippen LogP contribution in [0.3, 0.4) is 0 Å². The van der Waals surface area contributed by atoms with Crippen LogP contribution in [-0.2, 0) is 9.59 Å². The quantitative estimate of drug-likeness (QED) is 0.344. The molecule has 2 aromatic carbocycles. The number of rotatable bonds is 3. The van der Waals surface area contributed by atoms with Gasteiger partial charge in [0.1, 0.15) is 5.69 Å². The van der Waals surface area contributed by atoms with Gasteiger partial charge < -0.3 is 10.0 Å². The van der Waals surface area contributed by atoms with E-state index in [9.17, 15) is 24.5 Å². The van der Waals surface area contributed by atoms with Crippen LogP contribution >= 0.6 is 11.8 Å². The Labute approximate surface area is 168 Å². The molecule has 29 heavy (non-hydrogen) atoms. The van der Waals surface area contributed by atoms with Gasteiger partial charge in [-0.3, -0.25) is 25.0 Å². The zero-order valence-corrected chi connectivity index (χ0v) is 15.6. The maximum atomic E-state index is 12.3. The van der Waals surface area contributed by atoms with E-state index in [1.165, 1.54) is 0 Å². The van der Waals surface area contributed by atoms with Crippen LogP contribution in [0, 0.1) is 22.0 Å². The molecule has 2 N–H and O–H groups in total. The molecule has 1 saturated heterocycles. The molecule has 146 valence electrons. The van der Waals surface area contributed by atoms with Gasteiger partial charge in [-0.05, 0) is 18.2 Å². The fourth-order valence-electron chi connectivity index (χ4n) is 2.66. The molecule has 0 bridgehead atoms. The summed E-state index contributed by atoms with van der Waals surface area (Å²) in [4.78, 5) is 47.0. The summed E-state index contributed by atoms with van der Waals surface area (Å²) < 4.78 is 0. The van der Waals surface area contributed by atoms with Gasteiger partial charge in [0.2, 0.25) is 0 Å². The molecular formula is C19H13N3O6S. The van der Waals surface area contributed by atoms with Crippen molar-refractivity contribution in [2.24, 2.45) is 0 Å². The maximum Gasteiger partial charge on any atom is 0.409 e. The summed E-state index contributed by atoms with van der Waals surface area (Å²) in [5, 5.41) is 21.7. The third-order valence-corrected chi connectivity index (χ3v) is 4.75. The van der Waals surface area contributed by atoms with Crippen molar-refractivity contribution in [3.8, 4) is 11.8 Å². The number of hydrogen-bond donors (Lipinski definition) is 2. The summed E-state index contributed by atoms with van der Waals surface area (Å²) in [6, 6.07) is 11.1. The third kappa shape index (κ3) is 4.53.